The molecule has 0 radical (unpaired) electrons. The van der Waals surface area contributed by atoms with E-state index in [2.05, 4.69) is 303 Å². The van der Waals surface area contributed by atoms with Gasteiger partial charge in [0.15, 0.2) is 0 Å². The molecule has 76 heavy (non-hydrogen) atoms. The van der Waals surface area contributed by atoms with Gasteiger partial charge in [0.1, 0.15) is 0 Å². The molecule has 2 heteroatoms. The summed E-state index contributed by atoms with van der Waals surface area (Å²) in [5, 5.41) is 2.44. The molecule has 0 aromatic heterocycles. The van der Waals surface area contributed by atoms with Crippen LogP contribution in [0.1, 0.15) is 47.2 Å². The van der Waals surface area contributed by atoms with Gasteiger partial charge in [-0.1, -0.05) is 220 Å². The molecule has 12 aromatic rings. The standard InChI is InChI=1S/C74H52N2/c1-73(2)65-39-20-17-35-57(65)61-44-54(42-43-66(61)73)76(53-32-13-6-14-33-53)71-47-69-62(45-60(71)50-24-7-3-8-25-50)58-36-18-21-40-67(58)74(69)68-41-22-19-37-59(68)63-46-64(56-38-23-27-49-26-15-16-34-55(49)56)72(48-70(63)74)75(51-28-9-4-10-29-51)52-30-11-5-12-31-52/h3-48H,1-2H3. The van der Waals surface area contributed by atoms with Crippen LogP contribution >= 0.6 is 0 Å². The van der Waals surface area contributed by atoms with E-state index in [1.165, 1.54) is 99.8 Å². The summed E-state index contributed by atoms with van der Waals surface area (Å²) < 4.78 is 0. The van der Waals surface area contributed by atoms with E-state index < -0.39 is 5.41 Å². The SMILES string of the molecule is CC1(C)c2ccccc2-c2cc(N(c3ccccc3)c3cc4c(cc3-c3ccccc3)-c3ccccc3C43c4ccccc4-c4cc(-c5cccc6ccccc56)c(N(c5ccccc5)c5ccccc5)cc43)ccc21. The van der Waals surface area contributed by atoms with E-state index in [9.17, 15) is 0 Å². The second kappa shape index (κ2) is 17.0. The van der Waals surface area contributed by atoms with Crippen LogP contribution in [-0.2, 0) is 10.8 Å². The summed E-state index contributed by atoms with van der Waals surface area (Å²) in [6.07, 6.45) is 0. The van der Waals surface area contributed by atoms with Crippen molar-refractivity contribution in [1.82, 2.24) is 0 Å². The first kappa shape index (κ1) is 44.0. The third kappa shape index (κ3) is 6.41. The average Bonchev–Trinajstić information content (AvgIpc) is 4.19. The number of hydrogen-bond acceptors (Lipinski definition) is 2. The van der Waals surface area contributed by atoms with Crippen molar-refractivity contribution in [3.05, 3.63) is 312 Å². The molecule has 1 spiro atoms. The van der Waals surface area contributed by atoms with Crippen LogP contribution in [-0.4, -0.2) is 0 Å². The van der Waals surface area contributed by atoms with Crippen molar-refractivity contribution in [1.29, 1.82) is 0 Å². The highest BCUT2D eigenvalue weighted by molar-refractivity contribution is 6.06. The number of benzene rings is 12. The molecule has 0 saturated carbocycles. The number of anilines is 6. The highest BCUT2D eigenvalue weighted by Gasteiger charge is 2.53. The Hall–Kier alpha value is -9.50. The molecule has 2 nitrogen and oxygen atoms in total. The van der Waals surface area contributed by atoms with Crippen LogP contribution < -0.4 is 9.80 Å². The first-order chi connectivity index (χ1) is 37.5. The maximum atomic E-state index is 2.58. The van der Waals surface area contributed by atoms with Crippen LogP contribution in [0.5, 0.6) is 0 Å². The Kier molecular flexibility index (Phi) is 9.86. The molecule has 0 heterocycles. The molecule has 1 atom stereocenters. The second-order valence-corrected chi connectivity index (χ2v) is 21.1. The van der Waals surface area contributed by atoms with E-state index in [1.807, 2.05) is 0 Å². The zero-order valence-corrected chi connectivity index (χ0v) is 42.5. The van der Waals surface area contributed by atoms with Gasteiger partial charge in [0.25, 0.3) is 0 Å². The Morgan fingerprint density at radius 2 is 0.658 bits per heavy atom. The smallest absolute Gasteiger partial charge is 0.0727 e. The van der Waals surface area contributed by atoms with Crippen LogP contribution in [0.4, 0.5) is 34.1 Å². The molecule has 0 aliphatic heterocycles. The minimum Gasteiger partial charge on any atom is -0.310 e. The molecule has 0 fully saturated rings. The van der Waals surface area contributed by atoms with Gasteiger partial charge in [0.2, 0.25) is 0 Å². The summed E-state index contributed by atoms with van der Waals surface area (Å²) in [5.41, 5.74) is 26.1. The molecule has 0 saturated heterocycles. The van der Waals surface area contributed by atoms with E-state index in [-0.39, 0.29) is 5.41 Å². The van der Waals surface area contributed by atoms with E-state index in [0.29, 0.717) is 0 Å². The van der Waals surface area contributed by atoms with Crippen LogP contribution in [0, 0.1) is 0 Å². The quantitative estimate of drug-likeness (QED) is 0.150. The van der Waals surface area contributed by atoms with Crippen LogP contribution in [0.3, 0.4) is 0 Å². The molecule has 1 unspecified atom stereocenters. The fourth-order valence-electron chi connectivity index (χ4n) is 13.5. The normalized spacial score (nSPS) is 14.9. The lowest BCUT2D eigenvalue weighted by molar-refractivity contribution is 0.660. The zero-order chi connectivity index (χ0) is 50.5. The lowest BCUT2D eigenvalue weighted by Crippen LogP contribution is -2.27. The number of hydrogen-bond donors (Lipinski definition) is 0. The summed E-state index contributed by atoms with van der Waals surface area (Å²) in [6.45, 7) is 4.73. The lowest BCUT2D eigenvalue weighted by Gasteiger charge is -2.35. The summed E-state index contributed by atoms with van der Waals surface area (Å²) in [5.74, 6) is 0. The topological polar surface area (TPSA) is 6.48 Å². The van der Waals surface area contributed by atoms with Crippen LogP contribution in [0.25, 0.3) is 66.4 Å². The van der Waals surface area contributed by atoms with Crippen molar-refractivity contribution in [2.45, 2.75) is 24.7 Å². The third-order valence-corrected chi connectivity index (χ3v) is 16.8. The van der Waals surface area contributed by atoms with E-state index in [0.717, 1.165) is 34.1 Å². The summed E-state index contributed by atoms with van der Waals surface area (Å²) in [4.78, 5) is 5.00. The molecule has 12 aromatic carbocycles. The minimum atomic E-state index is -0.684. The second-order valence-electron chi connectivity index (χ2n) is 21.1. The maximum absolute atomic E-state index is 2.58. The van der Waals surface area contributed by atoms with Gasteiger partial charge >= 0.3 is 0 Å². The van der Waals surface area contributed by atoms with Gasteiger partial charge in [-0.25, -0.2) is 0 Å². The number of rotatable bonds is 8. The summed E-state index contributed by atoms with van der Waals surface area (Å²) in [6, 6.07) is 104. The Labute approximate surface area is 445 Å². The fraction of sp³-hybridized carbons (Fsp3) is 0.0541. The first-order valence-electron chi connectivity index (χ1n) is 26.6. The summed E-state index contributed by atoms with van der Waals surface area (Å²) >= 11 is 0. The Morgan fingerprint density at radius 3 is 1.25 bits per heavy atom. The molecule has 3 aliphatic rings. The predicted octanol–water partition coefficient (Wildman–Crippen LogP) is 19.8. The van der Waals surface area contributed by atoms with E-state index >= 15 is 0 Å². The van der Waals surface area contributed by atoms with Crippen molar-refractivity contribution in [2.75, 3.05) is 9.80 Å². The molecular weight excluding hydrogens is 917 g/mol. The van der Waals surface area contributed by atoms with E-state index in [1.54, 1.807) is 0 Å². The van der Waals surface area contributed by atoms with Crippen molar-refractivity contribution < 1.29 is 0 Å². The van der Waals surface area contributed by atoms with Gasteiger partial charge < -0.3 is 9.80 Å². The molecule has 358 valence electrons. The Balaban J connectivity index is 1.06. The van der Waals surface area contributed by atoms with Gasteiger partial charge in [0, 0.05) is 39.3 Å². The number of para-hydroxylation sites is 3. The highest BCUT2D eigenvalue weighted by atomic mass is 15.2. The van der Waals surface area contributed by atoms with Gasteiger partial charge in [0.05, 0.1) is 16.8 Å². The van der Waals surface area contributed by atoms with Crippen LogP contribution in [0.15, 0.2) is 279 Å². The number of nitrogens with zero attached hydrogens (tertiary/aromatic N) is 2. The van der Waals surface area contributed by atoms with Gasteiger partial charge in [-0.05, 0) is 161 Å². The first-order valence-corrected chi connectivity index (χ1v) is 26.6. The monoisotopic (exact) mass is 968 g/mol. The lowest BCUT2D eigenvalue weighted by atomic mass is 9.70. The Morgan fingerprint density at radius 1 is 0.250 bits per heavy atom. The molecule has 0 bridgehead atoms. The van der Waals surface area contributed by atoms with Crippen molar-refractivity contribution in [3.8, 4) is 55.6 Å². The molecule has 0 N–H and O–H groups in total. The third-order valence-electron chi connectivity index (χ3n) is 16.8. The van der Waals surface area contributed by atoms with Crippen LogP contribution in [0.2, 0.25) is 0 Å². The molecule has 15 rings (SSSR count). The molecule has 3 aliphatic carbocycles. The van der Waals surface area contributed by atoms with Gasteiger partial charge in [-0.15, -0.1) is 0 Å². The van der Waals surface area contributed by atoms with E-state index in [4.69, 9.17) is 0 Å². The average molecular weight is 969 g/mol. The number of fused-ring (bicyclic) bond motifs is 14. The zero-order valence-electron chi connectivity index (χ0n) is 42.5. The highest BCUT2D eigenvalue weighted by Crippen LogP contribution is 2.66. The van der Waals surface area contributed by atoms with Gasteiger partial charge in [-0.3, -0.25) is 0 Å². The van der Waals surface area contributed by atoms with Crippen molar-refractivity contribution in [3.63, 3.8) is 0 Å². The minimum absolute atomic E-state index is 0.116. The molecular formula is C74H52N2. The Bertz CT molecular complexity index is 4210. The largest absolute Gasteiger partial charge is 0.310 e. The predicted molar refractivity (Wildman–Crippen MR) is 318 cm³/mol. The van der Waals surface area contributed by atoms with Crippen molar-refractivity contribution in [2.24, 2.45) is 0 Å². The molecule has 0 amide bonds. The maximum Gasteiger partial charge on any atom is 0.0727 e. The van der Waals surface area contributed by atoms with Gasteiger partial charge in [-0.2, -0.15) is 0 Å². The van der Waals surface area contributed by atoms with Crippen molar-refractivity contribution >= 4 is 44.9 Å². The fourth-order valence-corrected chi connectivity index (χ4v) is 13.5. The summed E-state index contributed by atoms with van der Waals surface area (Å²) in [7, 11) is 0.